The summed E-state index contributed by atoms with van der Waals surface area (Å²) < 4.78 is 29.6. The Balaban J connectivity index is 1.52. The number of hydrogen-bond donors (Lipinski definition) is 1. The molecule has 0 aliphatic carbocycles. The van der Waals surface area contributed by atoms with Crippen molar-refractivity contribution in [2.75, 3.05) is 13.1 Å². The van der Waals surface area contributed by atoms with E-state index >= 15 is 0 Å². The van der Waals surface area contributed by atoms with Gasteiger partial charge in [-0.1, -0.05) is 31.5 Å². The molecule has 4 rings (SSSR count). The number of nitrogens with zero attached hydrogens (tertiary/aromatic N) is 2. The van der Waals surface area contributed by atoms with Gasteiger partial charge in [0, 0.05) is 39.8 Å². The Morgan fingerprint density at radius 1 is 1.15 bits per heavy atom. The predicted molar refractivity (Wildman–Crippen MR) is 133 cm³/mol. The third-order valence-electron chi connectivity index (χ3n) is 5.91. The van der Waals surface area contributed by atoms with Crippen LogP contribution in [-0.4, -0.2) is 46.7 Å². The lowest BCUT2D eigenvalue weighted by Crippen LogP contribution is -2.37. The van der Waals surface area contributed by atoms with Gasteiger partial charge in [-0.05, 0) is 60.7 Å². The molecule has 1 fully saturated rings. The van der Waals surface area contributed by atoms with Gasteiger partial charge in [-0.15, -0.1) is 11.8 Å². The second-order valence-electron chi connectivity index (χ2n) is 8.58. The normalized spacial score (nSPS) is 16.0. The minimum atomic E-state index is -3.55. The van der Waals surface area contributed by atoms with Crippen molar-refractivity contribution in [3.05, 3.63) is 59.2 Å². The number of carboxylic acid groups (broad SMARTS) is 1. The zero-order valence-corrected chi connectivity index (χ0v) is 21.0. The Morgan fingerprint density at radius 3 is 2.42 bits per heavy atom. The first kappa shape index (κ1) is 24.1. The van der Waals surface area contributed by atoms with E-state index in [-0.39, 0.29) is 12.5 Å². The SMILES string of the molecule is CC(C)Sc1ccc(S(=O)(=O)N2CCC(c3cn(CC(=O)O)c4cc(Cl)ccc34)CC2)cc1. The van der Waals surface area contributed by atoms with Crippen LogP contribution in [0.2, 0.25) is 5.02 Å². The minimum Gasteiger partial charge on any atom is -0.480 e. The van der Waals surface area contributed by atoms with Crippen LogP contribution in [0, 0.1) is 0 Å². The van der Waals surface area contributed by atoms with Crippen LogP contribution in [0.5, 0.6) is 0 Å². The van der Waals surface area contributed by atoms with E-state index in [1.54, 1.807) is 44.9 Å². The summed E-state index contributed by atoms with van der Waals surface area (Å²) in [7, 11) is -3.55. The summed E-state index contributed by atoms with van der Waals surface area (Å²) in [6.07, 6.45) is 3.24. The van der Waals surface area contributed by atoms with E-state index in [0.29, 0.717) is 41.1 Å². The topological polar surface area (TPSA) is 79.6 Å². The van der Waals surface area contributed by atoms with Gasteiger partial charge in [0.15, 0.2) is 0 Å². The first-order valence-corrected chi connectivity index (χ1v) is 13.6. The fourth-order valence-corrected chi connectivity index (χ4v) is 6.89. The zero-order valence-electron chi connectivity index (χ0n) is 18.6. The number of aromatic nitrogens is 1. The molecule has 3 aromatic rings. The van der Waals surface area contributed by atoms with Gasteiger partial charge in [0.25, 0.3) is 0 Å². The summed E-state index contributed by atoms with van der Waals surface area (Å²) in [6, 6.07) is 12.6. The Kier molecular flexibility index (Phi) is 7.09. The van der Waals surface area contributed by atoms with Crippen molar-refractivity contribution >= 4 is 50.3 Å². The van der Waals surface area contributed by atoms with Crippen molar-refractivity contribution in [1.29, 1.82) is 0 Å². The molecule has 6 nitrogen and oxygen atoms in total. The second-order valence-corrected chi connectivity index (χ2v) is 12.6. The van der Waals surface area contributed by atoms with Gasteiger partial charge in [-0.2, -0.15) is 4.31 Å². The Bertz CT molecular complexity index is 1260. The zero-order chi connectivity index (χ0) is 23.8. The van der Waals surface area contributed by atoms with Crippen molar-refractivity contribution in [3.63, 3.8) is 0 Å². The molecule has 0 amide bonds. The van der Waals surface area contributed by atoms with Crippen molar-refractivity contribution in [3.8, 4) is 0 Å². The quantitative estimate of drug-likeness (QED) is 0.431. The lowest BCUT2D eigenvalue weighted by molar-refractivity contribution is -0.137. The monoisotopic (exact) mass is 506 g/mol. The second kappa shape index (κ2) is 9.70. The van der Waals surface area contributed by atoms with E-state index in [9.17, 15) is 18.3 Å². The molecule has 9 heteroatoms. The predicted octanol–water partition coefficient (Wildman–Crippen LogP) is 5.45. The Hall–Kier alpha value is -2.00. The molecule has 0 radical (unpaired) electrons. The van der Waals surface area contributed by atoms with Gasteiger partial charge >= 0.3 is 5.97 Å². The number of halogens is 1. The minimum absolute atomic E-state index is 0.144. The van der Waals surface area contributed by atoms with Gasteiger partial charge in [-0.3, -0.25) is 4.79 Å². The number of benzene rings is 2. The standard InChI is InChI=1S/C24H27ClN2O4S2/c1-16(2)32-19-4-6-20(7-5-19)33(30,31)27-11-9-17(10-12-27)22-14-26(15-24(28)29)23-13-18(25)3-8-21(22)23/h3-8,13-14,16-17H,9-12,15H2,1-2H3,(H,28,29). The maximum atomic E-state index is 13.2. The molecule has 2 aromatic carbocycles. The molecule has 1 N–H and O–H groups in total. The van der Waals surface area contributed by atoms with E-state index in [4.69, 9.17) is 11.6 Å². The lowest BCUT2D eigenvalue weighted by Gasteiger charge is -2.31. The van der Waals surface area contributed by atoms with Crippen LogP contribution in [-0.2, 0) is 21.4 Å². The molecule has 0 atom stereocenters. The summed E-state index contributed by atoms with van der Waals surface area (Å²) in [5, 5.41) is 11.2. The highest BCUT2D eigenvalue weighted by atomic mass is 35.5. The van der Waals surface area contributed by atoms with Gasteiger partial charge in [0.1, 0.15) is 6.54 Å². The highest BCUT2D eigenvalue weighted by molar-refractivity contribution is 7.99. The van der Waals surface area contributed by atoms with Gasteiger partial charge in [0.2, 0.25) is 10.0 Å². The van der Waals surface area contributed by atoms with Crippen molar-refractivity contribution in [1.82, 2.24) is 8.87 Å². The molecule has 2 heterocycles. The molecule has 33 heavy (non-hydrogen) atoms. The molecule has 0 bridgehead atoms. The van der Waals surface area contributed by atoms with Crippen molar-refractivity contribution in [2.45, 2.75) is 54.2 Å². The lowest BCUT2D eigenvalue weighted by atomic mass is 9.90. The summed E-state index contributed by atoms with van der Waals surface area (Å²) >= 11 is 7.85. The molecular formula is C24H27ClN2O4S2. The fourth-order valence-electron chi connectivity index (χ4n) is 4.41. The van der Waals surface area contributed by atoms with Crippen LogP contribution in [0.4, 0.5) is 0 Å². The highest BCUT2D eigenvalue weighted by Crippen LogP contribution is 2.37. The van der Waals surface area contributed by atoms with Crippen LogP contribution < -0.4 is 0 Å². The van der Waals surface area contributed by atoms with E-state index < -0.39 is 16.0 Å². The summed E-state index contributed by atoms with van der Waals surface area (Å²) in [5.74, 6) is -0.767. The number of carboxylic acids is 1. The van der Waals surface area contributed by atoms with Crippen molar-refractivity contribution in [2.24, 2.45) is 0 Å². The molecule has 1 aliphatic heterocycles. The van der Waals surface area contributed by atoms with Crippen LogP contribution in [0.15, 0.2) is 58.5 Å². The number of fused-ring (bicyclic) bond motifs is 1. The number of thioether (sulfide) groups is 1. The number of hydrogen-bond acceptors (Lipinski definition) is 4. The summed E-state index contributed by atoms with van der Waals surface area (Å²) in [5.41, 5.74) is 1.84. The maximum absolute atomic E-state index is 13.2. The third-order valence-corrected chi connectivity index (χ3v) is 9.07. The number of aliphatic carboxylic acids is 1. The molecule has 1 aliphatic rings. The fraction of sp³-hybridized carbons (Fsp3) is 0.375. The average Bonchev–Trinajstić information content (AvgIpc) is 3.10. The first-order valence-electron chi connectivity index (χ1n) is 10.9. The Morgan fingerprint density at radius 2 is 1.82 bits per heavy atom. The maximum Gasteiger partial charge on any atom is 0.323 e. The average molecular weight is 507 g/mol. The van der Waals surface area contributed by atoms with Crippen LogP contribution in [0.1, 0.15) is 38.2 Å². The largest absolute Gasteiger partial charge is 0.480 e. The Labute approximate surface area is 203 Å². The summed E-state index contributed by atoms with van der Waals surface area (Å²) in [4.78, 5) is 12.7. The van der Waals surface area contributed by atoms with E-state index in [2.05, 4.69) is 13.8 Å². The number of piperidine rings is 1. The van der Waals surface area contributed by atoms with E-state index in [1.165, 1.54) is 0 Å². The first-order chi connectivity index (χ1) is 15.6. The van der Waals surface area contributed by atoms with E-state index in [0.717, 1.165) is 21.4 Å². The number of sulfonamides is 1. The molecule has 0 unspecified atom stereocenters. The molecule has 176 valence electrons. The van der Waals surface area contributed by atoms with Crippen LogP contribution in [0.25, 0.3) is 10.9 Å². The molecular weight excluding hydrogens is 480 g/mol. The van der Waals surface area contributed by atoms with E-state index in [1.807, 2.05) is 24.4 Å². The molecule has 1 aromatic heterocycles. The molecule has 0 saturated carbocycles. The molecule has 1 saturated heterocycles. The van der Waals surface area contributed by atoms with Crippen LogP contribution >= 0.6 is 23.4 Å². The molecule has 0 spiro atoms. The van der Waals surface area contributed by atoms with Gasteiger partial charge in [0.05, 0.1) is 10.4 Å². The van der Waals surface area contributed by atoms with Gasteiger partial charge < -0.3 is 9.67 Å². The summed E-state index contributed by atoms with van der Waals surface area (Å²) in [6.45, 7) is 4.92. The van der Waals surface area contributed by atoms with Gasteiger partial charge in [-0.25, -0.2) is 8.42 Å². The number of carbonyl (C=O) groups is 1. The smallest absolute Gasteiger partial charge is 0.323 e. The number of rotatable bonds is 7. The van der Waals surface area contributed by atoms with Crippen LogP contribution in [0.3, 0.4) is 0 Å². The third kappa shape index (κ3) is 5.24. The highest BCUT2D eigenvalue weighted by Gasteiger charge is 2.31. The van der Waals surface area contributed by atoms with Crippen molar-refractivity contribution < 1.29 is 18.3 Å².